The number of benzene rings is 3. The van der Waals surface area contributed by atoms with E-state index < -0.39 is 0 Å². The molecule has 28 heavy (non-hydrogen) atoms. The second-order valence-electron chi connectivity index (χ2n) is 6.83. The van der Waals surface area contributed by atoms with Gasteiger partial charge in [0.2, 0.25) is 0 Å². The normalized spacial score (nSPS) is 11.6. The van der Waals surface area contributed by atoms with E-state index in [1.165, 1.54) is 0 Å². The van der Waals surface area contributed by atoms with Crippen LogP contribution < -0.4 is 0 Å². The number of para-hydroxylation sites is 2. The lowest BCUT2D eigenvalue weighted by molar-refractivity contribution is 1.17. The van der Waals surface area contributed by atoms with Crippen LogP contribution in [0.15, 0.2) is 97.3 Å². The van der Waals surface area contributed by atoms with Gasteiger partial charge in [-0.3, -0.25) is 8.80 Å². The predicted molar refractivity (Wildman–Crippen MR) is 112 cm³/mol. The van der Waals surface area contributed by atoms with E-state index >= 15 is 0 Å². The topological polar surface area (TPSA) is 34.6 Å². The minimum atomic E-state index is 0.861. The van der Waals surface area contributed by atoms with Crippen molar-refractivity contribution in [2.45, 2.75) is 0 Å². The van der Waals surface area contributed by atoms with Gasteiger partial charge >= 0.3 is 0 Å². The number of fused-ring (bicyclic) bond motifs is 6. The minimum absolute atomic E-state index is 0.861. The standard InChI is InChI=1S/C24H16N4/c1-3-9-17(10-4-1)21-15-25-23-24-26-16-22(18-11-5-2-6-12-18)28(24)20-14-8-7-13-19(20)27(21)23/h1-16H. The number of imidazole rings is 2. The van der Waals surface area contributed by atoms with E-state index in [9.17, 15) is 0 Å². The van der Waals surface area contributed by atoms with Crippen LogP contribution in [0.1, 0.15) is 0 Å². The molecule has 0 aliphatic heterocycles. The van der Waals surface area contributed by atoms with Crippen LogP contribution >= 0.6 is 0 Å². The van der Waals surface area contributed by atoms with Gasteiger partial charge in [0, 0.05) is 11.1 Å². The Labute approximate surface area is 161 Å². The fourth-order valence-corrected chi connectivity index (χ4v) is 3.97. The average molecular weight is 360 g/mol. The van der Waals surface area contributed by atoms with Crippen molar-refractivity contribution in [3.8, 4) is 22.5 Å². The maximum absolute atomic E-state index is 4.76. The van der Waals surface area contributed by atoms with E-state index in [0.29, 0.717) is 0 Å². The van der Waals surface area contributed by atoms with Gasteiger partial charge in [-0.2, -0.15) is 0 Å². The first-order valence-electron chi connectivity index (χ1n) is 9.28. The summed E-state index contributed by atoms with van der Waals surface area (Å²) in [6.45, 7) is 0. The Kier molecular flexibility index (Phi) is 3.14. The summed E-state index contributed by atoms with van der Waals surface area (Å²) in [5.74, 6) is 0. The highest BCUT2D eigenvalue weighted by Gasteiger charge is 2.17. The molecule has 0 fully saturated rings. The first-order chi connectivity index (χ1) is 13.9. The fourth-order valence-electron chi connectivity index (χ4n) is 3.97. The Morgan fingerprint density at radius 2 is 0.857 bits per heavy atom. The zero-order valence-electron chi connectivity index (χ0n) is 15.0. The number of rotatable bonds is 2. The molecule has 132 valence electrons. The number of hydrogen-bond donors (Lipinski definition) is 0. The predicted octanol–water partition coefficient (Wildman–Crippen LogP) is 5.47. The lowest BCUT2D eigenvalue weighted by Crippen LogP contribution is -1.99. The summed E-state index contributed by atoms with van der Waals surface area (Å²) < 4.78 is 4.42. The molecule has 0 atom stereocenters. The summed E-state index contributed by atoms with van der Waals surface area (Å²) in [7, 11) is 0. The molecular weight excluding hydrogens is 344 g/mol. The van der Waals surface area contributed by atoms with E-state index in [1.807, 2.05) is 24.5 Å². The Hall–Kier alpha value is -3.92. The summed E-state index contributed by atoms with van der Waals surface area (Å²) in [5.41, 5.74) is 8.35. The van der Waals surface area contributed by atoms with Crippen molar-refractivity contribution in [2.24, 2.45) is 0 Å². The van der Waals surface area contributed by atoms with Gasteiger partial charge in [-0.05, 0) is 12.1 Å². The third kappa shape index (κ3) is 2.06. The van der Waals surface area contributed by atoms with Gasteiger partial charge in [0.05, 0.1) is 34.8 Å². The molecule has 3 aromatic heterocycles. The fraction of sp³-hybridized carbons (Fsp3) is 0. The molecule has 0 aliphatic carbocycles. The van der Waals surface area contributed by atoms with Crippen LogP contribution in [-0.4, -0.2) is 18.8 Å². The summed E-state index contributed by atoms with van der Waals surface area (Å²) in [6, 6.07) is 29.2. The Balaban J connectivity index is 1.80. The van der Waals surface area contributed by atoms with Crippen LogP contribution in [0, 0.1) is 0 Å². The summed E-state index contributed by atoms with van der Waals surface area (Å²) in [4.78, 5) is 9.52. The van der Waals surface area contributed by atoms with Crippen molar-refractivity contribution in [1.29, 1.82) is 0 Å². The molecule has 3 heterocycles. The van der Waals surface area contributed by atoms with Crippen molar-refractivity contribution >= 4 is 22.3 Å². The van der Waals surface area contributed by atoms with E-state index in [1.54, 1.807) is 0 Å². The van der Waals surface area contributed by atoms with E-state index in [0.717, 1.165) is 44.8 Å². The molecule has 3 aromatic carbocycles. The Bertz CT molecular complexity index is 1330. The van der Waals surface area contributed by atoms with Gasteiger partial charge in [-0.15, -0.1) is 0 Å². The molecule has 0 saturated heterocycles. The van der Waals surface area contributed by atoms with E-state index in [2.05, 4.69) is 81.6 Å². The quantitative estimate of drug-likeness (QED) is 0.410. The lowest BCUT2D eigenvalue weighted by atomic mass is 10.1. The van der Waals surface area contributed by atoms with Crippen LogP contribution in [0.5, 0.6) is 0 Å². The molecule has 0 unspecified atom stereocenters. The lowest BCUT2D eigenvalue weighted by Gasteiger charge is -2.11. The largest absolute Gasteiger partial charge is 0.288 e. The first kappa shape index (κ1) is 15.2. The third-order valence-corrected chi connectivity index (χ3v) is 5.23. The molecule has 6 rings (SSSR count). The first-order valence-corrected chi connectivity index (χ1v) is 9.28. The molecule has 0 bridgehead atoms. The summed E-state index contributed by atoms with van der Waals surface area (Å²) in [5, 5.41) is 0. The van der Waals surface area contributed by atoms with Crippen LogP contribution in [-0.2, 0) is 0 Å². The zero-order valence-corrected chi connectivity index (χ0v) is 15.0. The van der Waals surface area contributed by atoms with Crippen LogP contribution in [0.25, 0.3) is 44.8 Å². The number of hydrogen-bond acceptors (Lipinski definition) is 2. The van der Waals surface area contributed by atoms with Crippen molar-refractivity contribution in [3.05, 3.63) is 97.3 Å². The van der Waals surface area contributed by atoms with Gasteiger partial charge < -0.3 is 0 Å². The summed E-state index contributed by atoms with van der Waals surface area (Å²) in [6.07, 6.45) is 3.88. The Morgan fingerprint density at radius 1 is 0.464 bits per heavy atom. The van der Waals surface area contributed by atoms with E-state index in [4.69, 9.17) is 9.97 Å². The maximum Gasteiger partial charge on any atom is 0.182 e. The van der Waals surface area contributed by atoms with Gasteiger partial charge in [0.1, 0.15) is 0 Å². The second-order valence-corrected chi connectivity index (χ2v) is 6.83. The van der Waals surface area contributed by atoms with Crippen molar-refractivity contribution in [3.63, 3.8) is 0 Å². The second kappa shape index (κ2) is 5.79. The highest BCUT2D eigenvalue weighted by Crippen LogP contribution is 2.31. The monoisotopic (exact) mass is 360 g/mol. The van der Waals surface area contributed by atoms with Crippen LogP contribution in [0.2, 0.25) is 0 Å². The van der Waals surface area contributed by atoms with Crippen molar-refractivity contribution in [2.75, 3.05) is 0 Å². The molecule has 0 aliphatic rings. The smallest absolute Gasteiger partial charge is 0.182 e. The minimum Gasteiger partial charge on any atom is -0.288 e. The number of nitrogens with zero attached hydrogens (tertiary/aromatic N) is 4. The summed E-state index contributed by atoms with van der Waals surface area (Å²) >= 11 is 0. The SMILES string of the molecule is c1ccc(-c2cnc3c4ncc(-c5ccccc5)n4c4ccccc4n23)cc1. The van der Waals surface area contributed by atoms with Gasteiger partial charge in [-0.1, -0.05) is 72.8 Å². The van der Waals surface area contributed by atoms with E-state index in [-0.39, 0.29) is 0 Å². The zero-order chi connectivity index (χ0) is 18.5. The van der Waals surface area contributed by atoms with Crippen molar-refractivity contribution in [1.82, 2.24) is 18.8 Å². The van der Waals surface area contributed by atoms with Gasteiger partial charge in [0.25, 0.3) is 0 Å². The van der Waals surface area contributed by atoms with Gasteiger partial charge in [-0.25, -0.2) is 9.97 Å². The molecule has 0 amide bonds. The van der Waals surface area contributed by atoms with Crippen LogP contribution in [0.4, 0.5) is 0 Å². The highest BCUT2D eigenvalue weighted by molar-refractivity contribution is 5.90. The van der Waals surface area contributed by atoms with Crippen LogP contribution in [0.3, 0.4) is 0 Å². The average Bonchev–Trinajstić information content (AvgIpc) is 3.40. The molecule has 0 radical (unpaired) electrons. The molecule has 0 saturated carbocycles. The van der Waals surface area contributed by atoms with Gasteiger partial charge in [0.15, 0.2) is 11.3 Å². The molecular formula is C24H16N4. The maximum atomic E-state index is 4.76. The highest BCUT2D eigenvalue weighted by atomic mass is 15.1. The van der Waals surface area contributed by atoms with Crippen molar-refractivity contribution < 1.29 is 0 Å². The Morgan fingerprint density at radius 3 is 1.29 bits per heavy atom. The molecule has 4 nitrogen and oxygen atoms in total. The molecule has 0 spiro atoms. The molecule has 6 aromatic rings. The number of aromatic nitrogens is 4. The third-order valence-electron chi connectivity index (χ3n) is 5.23. The molecule has 4 heteroatoms. The molecule has 0 N–H and O–H groups in total.